The number of hydrogen-bond acceptors (Lipinski definition) is 5. The smallest absolute Gasteiger partial charge is 0.316 e. The molecule has 0 bridgehead atoms. The predicted octanol–water partition coefficient (Wildman–Crippen LogP) is 4.62. The van der Waals surface area contributed by atoms with Gasteiger partial charge in [-0.15, -0.1) is 0 Å². The lowest BCUT2D eigenvalue weighted by atomic mass is 9.85. The van der Waals surface area contributed by atoms with Gasteiger partial charge in [-0.1, -0.05) is 50.3 Å². The van der Waals surface area contributed by atoms with Crippen molar-refractivity contribution in [2.45, 2.75) is 84.4 Å². The minimum Gasteiger partial charge on any atom is -0.490 e. The number of para-hydroxylation sites is 1. The van der Waals surface area contributed by atoms with Crippen LogP contribution in [0.15, 0.2) is 34.9 Å². The van der Waals surface area contributed by atoms with E-state index in [2.05, 4.69) is 17.0 Å². The highest BCUT2D eigenvalue weighted by Crippen LogP contribution is 2.42. The van der Waals surface area contributed by atoms with Crippen LogP contribution in [0.25, 0.3) is 0 Å². The van der Waals surface area contributed by atoms with Crippen molar-refractivity contribution in [2.75, 3.05) is 4.72 Å². The number of sulfonamides is 1. The van der Waals surface area contributed by atoms with Gasteiger partial charge in [0.1, 0.15) is 22.2 Å². The minimum absolute atomic E-state index is 0.117. The molecule has 0 aromatic heterocycles. The molecule has 2 atom stereocenters. The van der Waals surface area contributed by atoms with Gasteiger partial charge in [-0.25, -0.2) is 8.42 Å². The van der Waals surface area contributed by atoms with Crippen molar-refractivity contribution in [3.05, 3.63) is 40.5 Å². The molecule has 1 fully saturated rings. The average Bonchev–Trinajstić information content (AvgIpc) is 2.97. The maximum atomic E-state index is 13.2. The van der Waals surface area contributed by atoms with Gasteiger partial charge in [-0.05, 0) is 51.7 Å². The van der Waals surface area contributed by atoms with Gasteiger partial charge in [0.15, 0.2) is 0 Å². The average molecular weight is 465 g/mol. The lowest BCUT2D eigenvalue weighted by molar-refractivity contribution is -0.145. The zero-order valence-corrected chi connectivity index (χ0v) is 20.3. The molecule has 1 aromatic carbocycles. The molecule has 1 aliphatic carbocycles. The SMILES string of the molecule is CC1=C(S(=O)(=O)Nc2ccccc2CN[C@@H](C)CC2CCCCC2)C(C(=O)O)C(C)(C)O1. The van der Waals surface area contributed by atoms with Crippen molar-refractivity contribution in [3.63, 3.8) is 0 Å². The van der Waals surface area contributed by atoms with E-state index in [-0.39, 0.29) is 10.7 Å². The minimum atomic E-state index is -4.12. The summed E-state index contributed by atoms with van der Waals surface area (Å²) in [6.45, 7) is 7.37. The molecule has 8 heteroatoms. The van der Waals surface area contributed by atoms with E-state index in [9.17, 15) is 18.3 Å². The summed E-state index contributed by atoms with van der Waals surface area (Å²) >= 11 is 0. The highest BCUT2D eigenvalue weighted by molar-refractivity contribution is 7.96. The first kappa shape index (κ1) is 24.6. The number of nitrogens with one attached hydrogen (secondary N) is 2. The van der Waals surface area contributed by atoms with E-state index in [0.29, 0.717) is 18.3 Å². The zero-order valence-electron chi connectivity index (χ0n) is 19.5. The second kappa shape index (κ2) is 9.83. The van der Waals surface area contributed by atoms with Crippen molar-refractivity contribution in [3.8, 4) is 0 Å². The van der Waals surface area contributed by atoms with Gasteiger partial charge in [-0.2, -0.15) is 0 Å². The Kier molecular flexibility index (Phi) is 7.55. The number of anilines is 1. The maximum absolute atomic E-state index is 13.2. The summed E-state index contributed by atoms with van der Waals surface area (Å²) in [5.41, 5.74) is 0.115. The third kappa shape index (κ3) is 5.64. The number of rotatable bonds is 9. The van der Waals surface area contributed by atoms with E-state index >= 15 is 0 Å². The number of hydrogen-bond donors (Lipinski definition) is 3. The number of carbonyl (C=O) groups is 1. The molecule has 0 amide bonds. The molecule has 1 heterocycles. The third-order valence-corrected chi connectivity index (χ3v) is 8.16. The fourth-order valence-corrected chi connectivity index (χ4v) is 6.75. The van der Waals surface area contributed by atoms with Gasteiger partial charge in [0.2, 0.25) is 0 Å². The monoisotopic (exact) mass is 464 g/mol. The highest BCUT2D eigenvalue weighted by atomic mass is 32.2. The van der Waals surface area contributed by atoms with Gasteiger partial charge < -0.3 is 15.2 Å². The third-order valence-electron chi connectivity index (χ3n) is 6.57. The molecule has 7 nitrogen and oxygen atoms in total. The van der Waals surface area contributed by atoms with E-state index in [1.165, 1.54) is 39.0 Å². The van der Waals surface area contributed by atoms with Crippen LogP contribution >= 0.6 is 0 Å². The van der Waals surface area contributed by atoms with Crippen LogP contribution in [0.4, 0.5) is 5.69 Å². The largest absolute Gasteiger partial charge is 0.490 e. The Labute approximate surface area is 191 Å². The van der Waals surface area contributed by atoms with Crippen molar-refractivity contribution >= 4 is 21.7 Å². The molecular weight excluding hydrogens is 428 g/mol. The first-order valence-electron chi connectivity index (χ1n) is 11.5. The van der Waals surface area contributed by atoms with Crippen molar-refractivity contribution < 1.29 is 23.1 Å². The number of allylic oxidation sites excluding steroid dienone is 1. The first-order valence-corrected chi connectivity index (χ1v) is 13.0. The van der Waals surface area contributed by atoms with Gasteiger partial charge >= 0.3 is 5.97 Å². The Morgan fingerprint density at radius 3 is 2.53 bits per heavy atom. The summed E-state index contributed by atoms with van der Waals surface area (Å²) < 4.78 is 34.7. The molecule has 32 heavy (non-hydrogen) atoms. The standard InChI is InChI=1S/C24H36N2O5S/c1-16(14-18-10-6-5-7-11-18)25-15-19-12-8-9-13-20(19)26-32(29,30)22-17(2)31-24(3,4)21(22)23(27)28/h8-9,12-13,16,18,21,25-26H,5-7,10-11,14-15H2,1-4H3,(H,27,28)/t16-,21?/m0/s1. The molecule has 178 valence electrons. The van der Waals surface area contributed by atoms with Crippen LogP contribution in [0.3, 0.4) is 0 Å². The molecule has 1 unspecified atom stereocenters. The second-order valence-corrected chi connectivity index (χ2v) is 11.3. The summed E-state index contributed by atoms with van der Waals surface area (Å²) in [5.74, 6) is -1.63. The summed E-state index contributed by atoms with van der Waals surface area (Å²) in [7, 11) is -4.12. The quantitative estimate of drug-likeness (QED) is 0.493. The molecule has 1 aliphatic heterocycles. The topological polar surface area (TPSA) is 105 Å². The van der Waals surface area contributed by atoms with Gasteiger partial charge in [0, 0.05) is 12.6 Å². The van der Waals surface area contributed by atoms with E-state index in [4.69, 9.17) is 4.74 Å². The molecule has 0 saturated heterocycles. The molecule has 1 saturated carbocycles. The zero-order chi connectivity index (χ0) is 23.5. The Morgan fingerprint density at radius 2 is 1.88 bits per heavy atom. The maximum Gasteiger partial charge on any atom is 0.316 e. The Morgan fingerprint density at radius 1 is 1.22 bits per heavy atom. The number of benzene rings is 1. The highest BCUT2D eigenvalue weighted by Gasteiger charge is 2.51. The van der Waals surface area contributed by atoms with E-state index in [1.807, 2.05) is 12.1 Å². The van der Waals surface area contributed by atoms with E-state index in [0.717, 1.165) is 17.9 Å². The van der Waals surface area contributed by atoms with Crippen LogP contribution in [0.1, 0.15) is 71.8 Å². The summed E-state index contributed by atoms with van der Waals surface area (Å²) in [6, 6.07) is 7.54. The summed E-state index contributed by atoms with van der Waals surface area (Å²) in [4.78, 5) is 11.6. The molecule has 3 rings (SSSR count). The van der Waals surface area contributed by atoms with E-state index < -0.39 is 27.5 Å². The normalized spacial score (nSPS) is 22.4. The number of carboxylic acid groups (broad SMARTS) is 1. The fraction of sp³-hybridized carbons (Fsp3) is 0.625. The van der Waals surface area contributed by atoms with E-state index in [1.54, 1.807) is 26.0 Å². The lowest BCUT2D eigenvalue weighted by Gasteiger charge is -2.26. The van der Waals surface area contributed by atoms with Crippen molar-refractivity contribution in [2.24, 2.45) is 11.8 Å². The van der Waals surface area contributed by atoms with Crippen LogP contribution in [-0.4, -0.2) is 31.1 Å². The molecule has 3 N–H and O–H groups in total. The van der Waals surface area contributed by atoms with Gasteiger partial charge in [0.25, 0.3) is 10.0 Å². The Bertz CT molecular complexity index is 964. The molecular formula is C24H36N2O5S. The Hall–Kier alpha value is -2.06. The van der Waals surface area contributed by atoms with Crippen molar-refractivity contribution in [1.82, 2.24) is 5.32 Å². The number of aliphatic carboxylic acids is 1. The summed E-state index contributed by atoms with van der Waals surface area (Å²) in [5, 5.41) is 13.2. The molecule has 0 spiro atoms. The van der Waals surface area contributed by atoms with Crippen LogP contribution in [0.2, 0.25) is 0 Å². The van der Waals surface area contributed by atoms with Crippen LogP contribution < -0.4 is 10.0 Å². The van der Waals surface area contributed by atoms with Crippen LogP contribution in [0.5, 0.6) is 0 Å². The lowest BCUT2D eigenvalue weighted by Crippen LogP contribution is -2.38. The summed E-state index contributed by atoms with van der Waals surface area (Å²) in [6.07, 6.45) is 7.67. The van der Waals surface area contributed by atoms with Gasteiger partial charge in [-0.3, -0.25) is 9.52 Å². The first-order chi connectivity index (χ1) is 15.0. The van der Waals surface area contributed by atoms with Gasteiger partial charge in [0.05, 0.1) is 5.69 Å². The van der Waals surface area contributed by atoms with Crippen LogP contribution in [0, 0.1) is 11.8 Å². The predicted molar refractivity (Wildman–Crippen MR) is 125 cm³/mol. The molecule has 2 aliphatic rings. The van der Waals surface area contributed by atoms with Crippen LogP contribution in [-0.2, 0) is 26.1 Å². The molecule has 1 aromatic rings. The Balaban J connectivity index is 1.72. The fourth-order valence-electron chi connectivity index (χ4n) is 5.04. The number of carboxylic acids is 1. The molecule has 0 radical (unpaired) electrons. The second-order valence-electron chi connectivity index (χ2n) is 9.68. The van der Waals surface area contributed by atoms with Crippen molar-refractivity contribution in [1.29, 1.82) is 0 Å². The number of ether oxygens (including phenoxy) is 1.